The summed E-state index contributed by atoms with van der Waals surface area (Å²) in [5, 5.41) is 15.9. The number of unbranched alkanes of at least 4 members (excludes halogenated alkanes) is 13. The van der Waals surface area contributed by atoms with Crippen molar-refractivity contribution in [3.63, 3.8) is 0 Å². The number of hydrogen-bond donors (Lipinski definition) is 6. The highest BCUT2D eigenvalue weighted by Crippen LogP contribution is 2.12. The molecule has 0 saturated heterocycles. The second kappa shape index (κ2) is 38.8. The number of rotatable bonds is 32. The zero-order chi connectivity index (χ0) is 30.5. The molecular weight excluding hydrogens is 512 g/mol. The van der Waals surface area contributed by atoms with Crippen molar-refractivity contribution in [3.05, 3.63) is 0 Å². The van der Waals surface area contributed by atoms with Crippen LogP contribution in [0.1, 0.15) is 143 Å². The Bertz CT molecular complexity index is 522. The standard InChI is InChI=1S/C31H66N6O2.C2H6/c1-2-3-4-5-6-7-8-9-10-11-12-13-14-15-22-33-24-17-25-35-29-20-31(39)37-27-18-26-36-30(38)19-28-34-23-16-21-32;1-2/h33-35H,2-29,32H2,1H3,(H,36,38)(H,37,39);1-2H3. The number of carbonyl (C=O) groups is 2. The van der Waals surface area contributed by atoms with E-state index >= 15 is 0 Å². The molecule has 0 aromatic carbocycles. The van der Waals surface area contributed by atoms with Crippen molar-refractivity contribution in [1.82, 2.24) is 26.6 Å². The highest BCUT2D eigenvalue weighted by Gasteiger charge is 2.02. The number of nitrogens with two attached hydrogens (primary N) is 1. The van der Waals surface area contributed by atoms with Crippen LogP contribution in [-0.4, -0.2) is 70.7 Å². The van der Waals surface area contributed by atoms with Gasteiger partial charge < -0.3 is 32.3 Å². The van der Waals surface area contributed by atoms with Crippen LogP contribution >= 0.6 is 0 Å². The smallest absolute Gasteiger partial charge is 0.221 e. The molecule has 0 heterocycles. The van der Waals surface area contributed by atoms with E-state index in [0.717, 1.165) is 45.4 Å². The first-order valence-electron chi connectivity index (χ1n) is 17.6. The molecule has 0 aliphatic carbocycles. The molecule has 0 unspecified atom stereocenters. The first-order valence-corrected chi connectivity index (χ1v) is 17.6. The Morgan fingerprint density at radius 3 is 1.22 bits per heavy atom. The van der Waals surface area contributed by atoms with E-state index in [1.165, 1.54) is 89.9 Å². The summed E-state index contributed by atoms with van der Waals surface area (Å²) >= 11 is 0. The van der Waals surface area contributed by atoms with E-state index in [1.807, 2.05) is 13.8 Å². The van der Waals surface area contributed by atoms with E-state index in [9.17, 15) is 9.59 Å². The summed E-state index contributed by atoms with van der Waals surface area (Å²) in [5.74, 6) is 0.105. The average Bonchev–Trinajstić information content (AvgIpc) is 2.98. The molecule has 0 spiro atoms. The molecule has 246 valence electrons. The summed E-state index contributed by atoms with van der Waals surface area (Å²) in [7, 11) is 0. The third kappa shape index (κ3) is 38.8. The van der Waals surface area contributed by atoms with Crippen LogP contribution in [0.4, 0.5) is 0 Å². The molecule has 0 radical (unpaired) electrons. The lowest BCUT2D eigenvalue weighted by Gasteiger charge is -2.08. The van der Waals surface area contributed by atoms with Crippen molar-refractivity contribution >= 4 is 11.8 Å². The van der Waals surface area contributed by atoms with Gasteiger partial charge in [-0.2, -0.15) is 0 Å². The summed E-state index contributed by atoms with van der Waals surface area (Å²) in [5.41, 5.74) is 5.43. The van der Waals surface area contributed by atoms with E-state index in [1.54, 1.807) is 0 Å². The summed E-state index contributed by atoms with van der Waals surface area (Å²) in [6.45, 7) is 13.4. The van der Waals surface area contributed by atoms with Crippen molar-refractivity contribution in [1.29, 1.82) is 0 Å². The van der Waals surface area contributed by atoms with Crippen LogP contribution in [-0.2, 0) is 9.59 Å². The zero-order valence-electron chi connectivity index (χ0n) is 27.7. The molecule has 8 heteroatoms. The van der Waals surface area contributed by atoms with Gasteiger partial charge in [0.25, 0.3) is 0 Å². The summed E-state index contributed by atoms with van der Waals surface area (Å²) in [4.78, 5) is 23.6. The maximum absolute atomic E-state index is 11.9. The summed E-state index contributed by atoms with van der Waals surface area (Å²) < 4.78 is 0. The van der Waals surface area contributed by atoms with Crippen LogP contribution in [0, 0.1) is 0 Å². The second-order valence-electron chi connectivity index (χ2n) is 10.9. The van der Waals surface area contributed by atoms with Crippen molar-refractivity contribution in [3.8, 4) is 0 Å². The monoisotopic (exact) mass is 585 g/mol. The first kappa shape index (κ1) is 41.9. The number of hydrogen-bond acceptors (Lipinski definition) is 6. The quantitative estimate of drug-likeness (QED) is 0.0589. The van der Waals surface area contributed by atoms with Gasteiger partial charge in [0.15, 0.2) is 0 Å². The normalized spacial score (nSPS) is 10.7. The third-order valence-electron chi connectivity index (χ3n) is 7.03. The zero-order valence-corrected chi connectivity index (χ0v) is 27.7. The Morgan fingerprint density at radius 1 is 0.439 bits per heavy atom. The predicted molar refractivity (Wildman–Crippen MR) is 178 cm³/mol. The second-order valence-corrected chi connectivity index (χ2v) is 10.9. The van der Waals surface area contributed by atoms with Crippen molar-refractivity contribution in [2.75, 3.05) is 58.9 Å². The molecule has 0 aliphatic rings. The number of amides is 2. The van der Waals surface area contributed by atoms with Gasteiger partial charge in [-0.05, 0) is 58.4 Å². The Hall–Kier alpha value is -1.22. The minimum atomic E-state index is 0.0415. The molecule has 2 amide bonds. The Morgan fingerprint density at radius 2 is 0.780 bits per heavy atom. The van der Waals surface area contributed by atoms with E-state index < -0.39 is 0 Å². The lowest BCUT2D eigenvalue weighted by atomic mass is 10.0. The lowest BCUT2D eigenvalue weighted by Crippen LogP contribution is -2.33. The maximum atomic E-state index is 11.9. The minimum absolute atomic E-state index is 0.0415. The van der Waals surface area contributed by atoms with Gasteiger partial charge in [-0.1, -0.05) is 104 Å². The first-order chi connectivity index (χ1) is 20.2. The largest absolute Gasteiger partial charge is 0.356 e. The van der Waals surface area contributed by atoms with Crippen molar-refractivity contribution < 1.29 is 9.59 Å². The molecule has 0 aromatic heterocycles. The van der Waals surface area contributed by atoms with Crippen molar-refractivity contribution in [2.24, 2.45) is 5.73 Å². The molecule has 0 aromatic rings. The number of nitrogens with one attached hydrogen (secondary N) is 5. The Labute approximate surface area is 255 Å². The highest BCUT2D eigenvalue weighted by atomic mass is 16.2. The van der Waals surface area contributed by atoms with E-state index in [4.69, 9.17) is 5.73 Å². The van der Waals surface area contributed by atoms with Gasteiger partial charge in [0.05, 0.1) is 0 Å². The molecule has 8 nitrogen and oxygen atoms in total. The summed E-state index contributed by atoms with van der Waals surface area (Å²) in [6, 6.07) is 0. The van der Waals surface area contributed by atoms with Gasteiger partial charge in [-0.15, -0.1) is 0 Å². The number of carbonyl (C=O) groups excluding carboxylic acids is 2. The van der Waals surface area contributed by atoms with Gasteiger partial charge in [0.2, 0.25) is 11.8 Å². The van der Waals surface area contributed by atoms with Crippen LogP contribution in [0.25, 0.3) is 0 Å². The molecule has 7 N–H and O–H groups in total. The van der Waals surface area contributed by atoms with E-state index in [2.05, 4.69) is 33.5 Å². The molecule has 0 aliphatic heterocycles. The van der Waals surface area contributed by atoms with Crippen LogP contribution in [0.5, 0.6) is 0 Å². The maximum Gasteiger partial charge on any atom is 0.221 e. The highest BCUT2D eigenvalue weighted by molar-refractivity contribution is 5.76. The van der Waals surface area contributed by atoms with Crippen molar-refractivity contribution in [2.45, 2.75) is 143 Å². The SMILES string of the molecule is CC.CCCCCCCCCCCCCCCCNCCCNCCC(=O)NCCCNC(=O)CCNCCCN. The molecule has 0 atom stereocenters. The third-order valence-corrected chi connectivity index (χ3v) is 7.03. The fraction of sp³-hybridized carbons (Fsp3) is 0.939. The Balaban J connectivity index is 0. The molecule has 0 saturated carbocycles. The van der Waals surface area contributed by atoms with Gasteiger partial charge >= 0.3 is 0 Å². The molecule has 0 rings (SSSR count). The van der Waals surface area contributed by atoms with Crippen LogP contribution < -0.4 is 32.3 Å². The lowest BCUT2D eigenvalue weighted by molar-refractivity contribution is -0.121. The van der Waals surface area contributed by atoms with E-state index in [0.29, 0.717) is 45.6 Å². The fourth-order valence-corrected chi connectivity index (χ4v) is 4.51. The minimum Gasteiger partial charge on any atom is -0.356 e. The van der Waals surface area contributed by atoms with Crippen LogP contribution in [0.2, 0.25) is 0 Å². The molecule has 41 heavy (non-hydrogen) atoms. The molecular formula is C33H72N6O2. The van der Waals surface area contributed by atoms with Crippen LogP contribution in [0.3, 0.4) is 0 Å². The molecule has 0 fully saturated rings. The van der Waals surface area contributed by atoms with Gasteiger partial charge in [0.1, 0.15) is 0 Å². The Kier molecular flexibility index (Phi) is 39.6. The van der Waals surface area contributed by atoms with E-state index in [-0.39, 0.29) is 11.8 Å². The molecule has 0 bridgehead atoms. The van der Waals surface area contributed by atoms with Gasteiger partial charge in [-0.25, -0.2) is 0 Å². The fourth-order valence-electron chi connectivity index (χ4n) is 4.51. The topological polar surface area (TPSA) is 120 Å². The van der Waals surface area contributed by atoms with Gasteiger partial charge in [-0.3, -0.25) is 9.59 Å². The summed E-state index contributed by atoms with van der Waals surface area (Å²) in [6.07, 6.45) is 23.4. The predicted octanol–water partition coefficient (Wildman–Crippen LogP) is 5.40. The average molecular weight is 585 g/mol. The van der Waals surface area contributed by atoms with Gasteiger partial charge in [0, 0.05) is 39.0 Å². The van der Waals surface area contributed by atoms with Crippen LogP contribution in [0.15, 0.2) is 0 Å².